The maximum atomic E-state index is 4.38. The molecule has 0 aromatic carbocycles. The van der Waals surface area contributed by atoms with Crippen molar-refractivity contribution in [1.82, 2.24) is 4.98 Å². The van der Waals surface area contributed by atoms with Crippen LogP contribution in [0.3, 0.4) is 0 Å². The summed E-state index contributed by atoms with van der Waals surface area (Å²) in [6.07, 6.45) is 8.02. The van der Waals surface area contributed by atoms with Gasteiger partial charge in [0.1, 0.15) is 0 Å². The number of aliphatic imine (C=N–C) groups is 1. The second-order valence-corrected chi connectivity index (χ2v) is 3.30. The molecule has 0 amide bonds. The summed E-state index contributed by atoms with van der Waals surface area (Å²) in [7, 11) is 0. The lowest BCUT2D eigenvalue weighted by Crippen LogP contribution is -1.94. The molecule has 1 aliphatic heterocycles. The topological polar surface area (TPSA) is 25.2 Å². The van der Waals surface area contributed by atoms with Crippen LogP contribution in [0.1, 0.15) is 18.9 Å². The Labute approximate surface area is 72.4 Å². The monoisotopic (exact) mass is 160 g/mol. The van der Waals surface area contributed by atoms with E-state index in [1.165, 1.54) is 12.0 Å². The van der Waals surface area contributed by atoms with E-state index < -0.39 is 0 Å². The molecule has 0 fully saturated rings. The van der Waals surface area contributed by atoms with Crippen LogP contribution in [0, 0.1) is 5.92 Å². The predicted molar refractivity (Wildman–Crippen MR) is 49.9 cm³/mol. The molecule has 0 aliphatic carbocycles. The van der Waals surface area contributed by atoms with Crippen LogP contribution in [0.4, 0.5) is 5.69 Å². The van der Waals surface area contributed by atoms with Crippen molar-refractivity contribution >= 4 is 11.9 Å². The van der Waals surface area contributed by atoms with Gasteiger partial charge in [-0.3, -0.25) is 9.98 Å². The molecule has 62 valence electrons. The number of nitrogens with zero attached hydrogens (tertiary/aromatic N) is 2. The van der Waals surface area contributed by atoms with Crippen molar-refractivity contribution in [2.75, 3.05) is 0 Å². The molecule has 1 aliphatic rings. The summed E-state index contributed by atoms with van der Waals surface area (Å²) in [5.41, 5.74) is 2.37. The van der Waals surface area contributed by atoms with Crippen LogP contribution < -0.4 is 0 Å². The summed E-state index contributed by atoms with van der Waals surface area (Å²) in [6, 6.07) is 2.06. The summed E-state index contributed by atoms with van der Waals surface area (Å²) in [5.74, 6) is 0.595. The molecule has 1 atom stereocenters. The average molecular weight is 160 g/mol. The summed E-state index contributed by atoms with van der Waals surface area (Å²) in [5, 5.41) is 0. The van der Waals surface area contributed by atoms with Crippen molar-refractivity contribution in [2.24, 2.45) is 10.9 Å². The van der Waals surface area contributed by atoms with Crippen molar-refractivity contribution < 1.29 is 0 Å². The van der Waals surface area contributed by atoms with Gasteiger partial charge in [0.2, 0.25) is 0 Å². The first-order valence-corrected chi connectivity index (χ1v) is 4.33. The van der Waals surface area contributed by atoms with Gasteiger partial charge in [-0.15, -0.1) is 0 Å². The van der Waals surface area contributed by atoms with Gasteiger partial charge < -0.3 is 0 Å². The van der Waals surface area contributed by atoms with E-state index in [1.54, 1.807) is 0 Å². The van der Waals surface area contributed by atoms with Crippen molar-refractivity contribution in [3.8, 4) is 0 Å². The van der Waals surface area contributed by atoms with Crippen LogP contribution in [0.25, 0.3) is 0 Å². The van der Waals surface area contributed by atoms with E-state index in [2.05, 4.69) is 23.0 Å². The highest BCUT2D eigenvalue weighted by atomic mass is 14.8. The molecular formula is C10H12N2. The zero-order valence-electron chi connectivity index (χ0n) is 7.20. The van der Waals surface area contributed by atoms with Crippen LogP contribution >= 0.6 is 0 Å². The third-order valence-corrected chi connectivity index (χ3v) is 2.22. The SMILES string of the molecule is CC1C=Nc2cnccc2CC1. The Kier molecular flexibility index (Phi) is 1.90. The third kappa shape index (κ3) is 1.37. The second kappa shape index (κ2) is 3.05. The molecule has 0 spiro atoms. The highest BCUT2D eigenvalue weighted by molar-refractivity contribution is 5.67. The molecule has 2 heteroatoms. The summed E-state index contributed by atoms with van der Waals surface area (Å²) in [6.45, 7) is 2.20. The Bertz CT molecular complexity index is 304. The maximum Gasteiger partial charge on any atom is 0.0840 e. The standard InChI is InChI=1S/C10H12N2/c1-8-2-3-9-4-5-11-7-10(9)12-6-8/h4-8H,2-3H2,1H3. The van der Waals surface area contributed by atoms with Gasteiger partial charge in [-0.1, -0.05) is 6.92 Å². The Morgan fingerprint density at radius 2 is 2.42 bits per heavy atom. The lowest BCUT2D eigenvalue weighted by molar-refractivity contribution is 0.701. The zero-order valence-corrected chi connectivity index (χ0v) is 7.20. The lowest BCUT2D eigenvalue weighted by Gasteiger charge is -2.01. The predicted octanol–water partition coefficient (Wildman–Crippen LogP) is 2.37. The molecule has 0 N–H and O–H groups in total. The Morgan fingerprint density at radius 3 is 3.33 bits per heavy atom. The van der Waals surface area contributed by atoms with Gasteiger partial charge in [-0.25, -0.2) is 0 Å². The van der Waals surface area contributed by atoms with E-state index in [-0.39, 0.29) is 0 Å². The summed E-state index contributed by atoms with van der Waals surface area (Å²) >= 11 is 0. The highest BCUT2D eigenvalue weighted by Gasteiger charge is 2.07. The first-order valence-electron chi connectivity index (χ1n) is 4.33. The molecule has 0 saturated carbocycles. The largest absolute Gasteiger partial charge is 0.262 e. The number of aromatic nitrogens is 1. The summed E-state index contributed by atoms with van der Waals surface area (Å²) in [4.78, 5) is 8.43. The van der Waals surface area contributed by atoms with E-state index in [9.17, 15) is 0 Å². The molecule has 0 bridgehead atoms. The van der Waals surface area contributed by atoms with E-state index in [4.69, 9.17) is 0 Å². The molecule has 1 aromatic rings. The van der Waals surface area contributed by atoms with Crippen LogP contribution in [0.15, 0.2) is 23.5 Å². The minimum absolute atomic E-state index is 0.595. The normalized spacial score (nSPS) is 21.6. The van der Waals surface area contributed by atoms with Crippen molar-refractivity contribution in [3.05, 3.63) is 24.0 Å². The van der Waals surface area contributed by atoms with Gasteiger partial charge in [0.25, 0.3) is 0 Å². The van der Waals surface area contributed by atoms with Gasteiger partial charge >= 0.3 is 0 Å². The average Bonchev–Trinajstić information content (AvgIpc) is 2.29. The minimum Gasteiger partial charge on any atom is -0.262 e. The van der Waals surface area contributed by atoms with Gasteiger partial charge in [-0.05, 0) is 30.4 Å². The van der Waals surface area contributed by atoms with Crippen molar-refractivity contribution in [3.63, 3.8) is 0 Å². The number of rotatable bonds is 0. The second-order valence-electron chi connectivity index (χ2n) is 3.30. The van der Waals surface area contributed by atoms with Crippen molar-refractivity contribution in [1.29, 1.82) is 0 Å². The Hall–Kier alpha value is -1.18. The first-order chi connectivity index (χ1) is 5.86. The number of pyridine rings is 1. The maximum absolute atomic E-state index is 4.38. The minimum atomic E-state index is 0.595. The van der Waals surface area contributed by atoms with Crippen molar-refractivity contribution in [2.45, 2.75) is 19.8 Å². The molecule has 0 saturated heterocycles. The lowest BCUT2D eigenvalue weighted by atomic mass is 10.0. The van der Waals surface area contributed by atoms with Crippen LogP contribution in [0.5, 0.6) is 0 Å². The third-order valence-electron chi connectivity index (χ3n) is 2.22. The van der Waals surface area contributed by atoms with E-state index in [0.29, 0.717) is 5.92 Å². The fourth-order valence-electron chi connectivity index (χ4n) is 1.41. The zero-order chi connectivity index (χ0) is 8.39. The molecule has 2 heterocycles. The molecule has 12 heavy (non-hydrogen) atoms. The molecule has 2 rings (SSSR count). The van der Waals surface area contributed by atoms with Gasteiger partial charge in [0.05, 0.1) is 11.9 Å². The van der Waals surface area contributed by atoms with Gasteiger partial charge in [0, 0.05) is 12.4 Å². The van der Waals surface area contributed by atoms with Crippen LogP contribution in [0.2, 0.25) is 0 Å². The first kappa shape index (κ1) is 7.47. The molecule has 1 unspecified atom stereocenters. The fourth-order valence-corrected chi connectivity index (χ4v) is 1.41. The van der Waals surface area contributed by atoms with Gasteiger partial charge in [-0.2, -0.15) is 0 Å². The number of hydrogen-bond acceptors (Lipinski definition) is 2. The smallest absolute Gasteiger partial charge is 0.0840 e. The summed E-state index contributed by atoms with van der Waals surface area (Å²) < 4.78 is 0. The molecular weight excluding hydrogens is 148 g/mol. The van der Waals surface area contributed by atoms with E-state index in [1.807, 2.05) is 18.6 Å². The van der Waals surface area contributed by atoms with E-state index in [0.717, 1.165) is 12.1 Å². The molecule has 1 aromatic heterocycles. The number of aryl methyl sites for hydroxylation is 1. The fraction of sp³-hybridized carbons (Fsp3) is 0.400. The number of fused-ring (bicyclic) bond motifs is 1. The molecule has 2 nitrogen and oxygen atoms in total. The quantitative estimate of drug-likeness (QED) is 0.572. The highest BCUT2D eigenvalue weighted by Crippen LogP contribution is 2.23. The molecule has 0 radical (unpaired) electrons. The Morgan fingerprint density at radius 1 is 1.50 bits per heavy atom. The number of hydrogen-bond donors (Lipinski definition) is 0. The van der Waals surface area contributed by atoms with Crippen LogP contribution in [-0.2, 0) is 6.42 Å². The Balaban J connectivity index is 2.39. The van der Waals surface area contributed by atoms with Crippen LogP contribution in [-0.4, -0.2) is 11.2 Å². The van der Waals surface area contributed by atoms with E-state index >= 15 is 0 Å². The van der Waals surface area contributed by atoms with Gasteiger partial charge in [0.15, 0.2) is 0 Å².